The molecular weight excluding hydrogens is 532 g/mol. The van der Waals surface area contributed by atoms with Gasteiger partial charge in [0.1, 0.15) is 15.6 Å². The summed E-state index contributed by atoms with van der Waals surface area (Å²) in [7, 11) is -2.96. The number of nitrogens with zero attached hydrogens (tertiary/aromatic N) is 5. The number of fused-ring (bicyclic) bond motifs is 1. The Morgan fingerprint density at radius 3 is 2.60 bits per heavy atom. The van der Waals surface area contributed by atoms with Gasteiger partial charge in [0.2, 0.25) is 11.9 Å². The van der Waals surface area contributed by atoms with Crippen molar-refractivity contribution in [3.8, 4) is 11.6 Å². The maximum absolute atomic E-state index is 11.7. The summed E-state index contributed by atoms with van der Waals surface area (Å²) in [6.45, 7) is 7.33. The Kier molecular flexibility index (Phi) is 7.94. The second kappa shape index (κ2) is 11.7. The number of ether oxygens (including phenoxy) is 1. The number of aromatic nitrogens is 4. The van der Waals surface area contributed by atoms with Gasteiger partial charge in [0.15, 0.2) is 11.2 Å². The van der Waals surface area contributed by atoms with Crippen LogP contribution in [0.2, 0.25) is 0 Å². The molecule has 1 saturated heterocycles. The number of rotatable bonds is 10. The molecule has 0 unspecified atom stereocenters. The lowest BCUT2D eigenvalue weighted by Crippen LogP contribution is -2.47. The maximum atomic E-state index is 11.7. The van der Waals surface area contributed by atoms with Gasteiger partial charge in [-0.1, -0.05) is 12.6 Å². The van der Waals surface area contributed by atoms with Gasteiger partial charge in [0, 0.05) is 62.1 Å². The van der Waals surface area contributed by atoms with Crippen molar-refractivity contribution in [2.24, 2.45) is 0 Å². The molecule has 1 amide bonds. The molecular formula is C27H30N8O4S. The van der Waals surface area contributed by atoms with Crippen LogP contribution in [0.15, 0.2) is 67.5 Å². The Morgan fingerprint density at radius 2 is 1.88 bits per heavy atom. The summed E-state index contributed by atoms with van der Waals surface area (Å²) in [6.07, 6.45) is 3.99. The number of anilines is 4. The normalized spacial score (nSPS) is 14.2. The monoisotopic (exact) mass is 562 g/mol. The van der Waals surface area contributed by atoms with Crippen molar-refractivity contribution in [2.45, 2.75) is 0 Å². The largest absolute Gasteiger partial charge is 0.437 e. The minimum atomic E-state index is -2.96. The Balaban J connectivity index is 1.25. The van der Waals surface area contributed by atoms with E-state index in [1.807, 2.05) is 24.3 Å². The van der Waals surface area contributed by atoms with E-state index in [9.17, 15) is 13.2 Å². The van der Waals surface area contributed by atoms with Crippen molar-refractivity contribution < 1.29 is 17.9 Å². The van der Waals surface area contributed by atoms with Gasteiger partial charge < -0.3 is 25.3 Å². The molecule has 208 valence electrons. The molecule has 12 nitrogen and oxygen atoms in total. The molecule has 4 aromatic rings. The van der Waals surface area contributed by atoms with Gasteiger partial charge in [-0.15, -0.1) is 0 Å². The fraction of sp³-hybridized carbons (Fsp3) is 0.259. The quantitative estimate of drug-likeness (QED) is 0.246. The first-order valence-electron chi connectivity index (χ1n) is 12.7. The van der Waals surface area contributed by atoms with Crippen molar-refractivity contribution in [2.75, 3.05) is 60.3 Å². The number of aromatic amines is 1. The minimum absolute atomic E-state index is 0.187. The van der Waals surface area contributed by atoms with Gasteiger partial charge in [0.25, 0.3) is 5.88 Å². The summed E-state index contributed by atoms with van der Waals surface area (Å²) < 4.78 is 28.9. The summed E-state index contributed by atoms with van der Waals surface area (Å²) in [5.41, 5.74) is 3.43. The summed E-state index contributed by atoms with van der Waals surface area (Å²) in [6, 6.07) is 14.9. The third-order valence-electron chi connectivity index (χ3n) is 6.39. The van der Waals surface area contributed by atoms with E-state index in [-0.39, 0.29) is 17.5 Å². The number of sulfone groups is 1. The van der Waals surface area contributed by atoms with Crippen LogP contribution in [0.5, 0.6) is 11.6 Å². The number of carbonyl (C=O) groups excluding carboxylic acids is 1. The van der Waals surface area contributed by atoms with Crippen LogP contribution in [0.3, 0.4) is 0 Å². The Morgan fingerprint density at radius 1 is 1.10 bits per heavy atom. The van der Waals surface area contributed by atoms with E-state index in [4.69, 9.17) is 4.74 Å². The molecule has 0 saturated carbocycles. The average molecular weight is 563 g/mol. The van der Waals surface area contributed by atoms with E-state index in [1.54, 1.807) is 24.3 Å². The number of hydrogen-bond donors (Lipinski definition) is 3. The SMILES string of the molecule is C=CC(=O)Nc1cccc(Oc2nc(Nc3ccc(N4CCN(CCS(C)(=O)=O)CC4)cc3)nc3[nH]cnc23)c1. The van der Waals surface area contributed by atoms with Crippen LogP contribution in [0.25, 0.3) is 11.2 Å². The van der Waals surface area contributed by atoms with Gasteiger partial charge in [-0.2, -0.15) is 9.97 Å². The van der Waals surface area contributed by atoms with Crippen LogP contribution in [0.1, 0.15) is 0 Å². The lowest BCUT2D eigenvalue weighted by Gasteiger charge is -2.36. The van der Waals surface area contributed by atoms with E-state index in [2.05, 4.69) is 46.9 Å². The van der Waals surface area contributed by atoms with E-state index in [1.165, 1.54) is 18.7 Å². The van der Waals surface area contributed by atoms with Crippen molar-refractivity contribution in [3.05, 3.63) is 67.5 Å². The molecule has 0 radical (unpaired) electrons. The number of nitrogens with one attached hydrogen (secondary N) is 3. The first kappa shape index (κ1) is 27.1. The first-order valence-corrected chi connectivity index (χ1v) is 14.8. The maximum Gasteiger partial charge on any atom is 0.252 e. The number of carbonyl (C=O) groups is 1. The summed E-state index contributed by atoms with van der Waals surface area (Å²) >= 11 is 0. The van der Waals surface area contributed by atoms with E-state index in [0.29, 0.717) is 35.1 Å². The lowest BCUT2D eigenvalue weighted by atomic mass is 10.2. The number of imidazole rings is 1. The van der Waals surface area contributed by atoms with E-state index >= 15 is 0 Å². The molecule has 5 rings (SSSR count). The lowest BCUT2D eigenvalue weighted by molar-refractivity contribution is -0.111. The number of H-pyrrole nitrogens is 1. The van der Waals surface area contributed by atoms with Gasteiger partial charge >= 0.3 is 0 Å². The van der Waals surface area contributed by atoms with Crippen molar-refractivity contribution in [1.29, 1.82) is 0 Å². The molecule has 1 fully saturated rings. The van der Waals surface area contributed by atoms with Crippen molar-refractivity contribution >= 4 is 49.9 Å². The highest BCUT2D eigenvalue weighted by atomic mass is 32.2. The van der Waals surface area contributed by atoms with Gasteiger partial charge in [-0.05, 0) is 42.5 Å². The first-order chi connectivity index (χ1) is 19.3. The summed E-state index contributed by atoms with van der Waals surface area (Å²) in [5, 5.41) is 5.93. The number of piperazine rings is 1. The zero-order valence-electron chi connectivity index (χ0n) is 22.0. The third-order valence-corrected chi connectivity index (χ3v) is 7.31. The standard InChI is InChI=1S/C27H30N8O4S/c1-3-23(36)30-20-5-4-6-22(17-20)39-26-24-25(29-18-28-24)32-27(33-26)31-19-7-9-21(10-8-19)35-13-11-34(12-14-35)15-16-40(2,37)38/h3-10,17-18H,1,11-16H2,2H3,(H,30,36)(H2,28,29,31,32,33). The third kappa shape index (κ3) is 6.93. The number of amides is 1. The zero-order chi connectivity index (χ0) is 28.1. The molecule has 13 heteroatoms. The predicted molar refractivity (Wildman–Crippen MR) is 155 cm³/mol. The molecule has 2 aromatic heterocycles. The van der Waals surface area contributed by atoms with Crippen LogP contribution in [-0.2, 0) is 14.6 Å². The minimum Gasteiger partial charge on any atom is -0.437 e. The Labute approximate surface area is 232 Å². The fourth-order valence-corrected chi connectivity index (χ4v) is 4.88. The van der Waals surface area contributed by atoms with Crippen molar-refractivity contribution in [1.82, 2.24) is 24.8 Å². The van der Waals surface area contributed by atoms with Crippen LogP contribution < -0.4 is 20.3 Å². The second-order valence-corrected chi connectivity index (χ2v) is 11.7. The smallest absolute Gasteiger partial charge is 0.252 e. The molecule has 3 heterocycles. The van der Waals surface area contributed by atoms with E-state index in [0.717, 1.165) is 37.6 Å². The molecule has 2 aromatic carbocycles. The highest BCUT2D eigenvalue weighted by Gasteiger charge is 2.19. The molecule has 3 N–H and O–H groups in total. The van der Waals surface area contributed by atoms with Crippen LogP contribution in [-0.4, -0.2) is 83.9 Å². The molecule has 1 aliphatic rings. The van der Waals surface area contributed by atoms with Crippen LogP contribution >= 0.6 is 0 Å². The van der Waals surface area contributed by atoms with Crippen LogP contribution in [0.4, 0.5) is 23.0 Å². The van der Waals surface area contributed by atoms with E-state index < -0.39 is 9.84 Å². The zero-order valence-corrected chi connectivity index (χ0v) is 22.8. The molecule has 1 aliphatic heterocycles. The summed E-state index contributed by atoms with van der Waals surface area (Å²) in [4.78, 5) is 32.4. The van der Waals surface area contributed by atoms with Crippen molar-refractivity contribution in [3.63, 3.8) is 0 Å². The Hall–Kier alpha value is -4.49. The second-order valence-electron chi connectivity index (χ2n) is 9.41. The molecule has 0 aliphatic carbocycles. The van der Waals surface area contributed by atoms with Gasteiger partial charge in [-0.3, -0.25) is 9.69 Å². The average Bonchev–Trinajstić information content (AvgIpc) is 3.42. The highest BCUT2D eigenvalue weighted by molar-refractivity contribution is 7.90. The Bertz CT molecular complexity index is 1610. The predicted octanol–water partition coefficient (Wildman–Crippen LogP) is 3.18. The molecule has 0 bridgehead atoms. The molecule has 0 atom stereocenters. The van der Waals surface area contributed by atoms with Gasteiger partial charge in [0.05, 0.1) is 12.1 Å². The fourth-order valence-electron chi connectivity index (χ4n) is 4.29. The topological polar surface area (TPSA) is 145 Å². The highest BCUT2D eigenvalue weighted by Crippen LogP contribution is 2.29. The number of hydrogen-bond acceptors (Lipinski definition) is 10. The molecule has 40 heavy (non-hydrogen) atoms. The number of benzene rings is 2. The summed E-state index contributed by atoms with van der Waals surface area (Å²) in [5.74, 6) is 0.920. The van der Waals surface area contributed by atoms with Gasteiger partial charge in [-0.25, -0.2) is 13.4 Å². The molecule has 0 spiro atoms. The van der Waals surface area contributed by atoms with Crippen LogP contribution in [0, 0.1) is 0 Å².